The quantitative estimate of drug-likeness (QED) is 0.249. The molecule has 0 spiro atoms. The number of thiol groups is 1. The summed E-state index contributed by atoms with van der Waals surface area (Å²) in [6.45, 7) is 0.112. The summed E-state index contributed by atoms with van der Waals surface area (Å²) in [5, 5.41) is 0. The Bertz CT molecular complexity index is 124. The van der Waals surface area contributed by atoms with Crippen LogP contribution in [-0.2, 0) is 14.2 Å². The van der Waals surface area contributed by atoms with Crippen LogP contribution >= 0.6 is 12.6 Å². The Labute approximate surface area is 72.1 Å². The summed E-state index contributed by atoms with van der Waals surface area (Å²) in [5.74, 6) is -0.215. The van der Waals surface area contributed by atoms with E-state index in [4.69, 9.17) is 10.4 Å². The fourth-order valence-electron chi connectivity index (χ4n) is 0.572. The number of esters is 1. The Morgan fingerprint density at radius 2 is 2.45 bits per heavy atom. The number of hydrogen-bond donors (Lipinski definition) is 2. The van der Waals surface area contributed by atoms with E-state index in [1.807, 2.05) is 0 Å². The molecule has 2 N–H and O–H groups in total. The van der Waals surface area contributed by atoms with Gasteiger partial charge in [0.05, 0.1) is 19.7 Å². The van der Waals surface area contributed by atoms with Crippen LogP contribution in [0.3, 0.4) is 0 Å². The first kappa shape index (κ1) is 10.8. The summed E-state index contributed by atoms with van der Waals surface area (Å²) in [6, 6.07) is 0. The lowest BCUT2D eigenvalue weighted by atomic mass is 9.82. The minimum Gasteiger partial charge on any atom is -0.469 e. The zero-order valence-electron chi connectivity index (χ0n) is 6.45. The van der Waals surface area contributed by atoms with Gasteiger partial charge in [-0.05, 0) is 5.75 Å². The summed E-state index contributed by atoms with van der Waals surface area (Å²) in [4.78, 5) is 10.9. The van der Waals surface area contributed by atoms with Crippen molar-refractivity contribution in [3.8, 4) is 0 Å². The average molecular weight is 177 g/mol. The van der Waals surface area contributed by atoms with E-state index in [-0.39, 0.29) is 26.0 Å². The van der Waals surface area contributed by atoms with Crippen LogP contribution in [0.5, 0.6) is 0 Å². The molecule has 0 aromatic rings. The lowest BCUT2D eigenvalue weighted by molar-refractivity contribution is -0.140. The molecule has 0 radical (unpaired) electrons. The van der Waals surface area contributed by atoms with Crippen molar-refractivity contribution in [2.75, 3.05) is 19.6 Å². The molecule has 0 saturated heterocycles. The molecule has 1 atom stereocenters. The number of rotatable bonds is 5. The molecule has 4 nitrogen and oxygen atoms in total. The molecule has 0 aromatic carbocycles. The SMILES string of the molecule is COC(=O)C(BOCN)CS. The molecular weight excluding hydrogens is 165 g/mol. The highest BCUT2D eigenvalue weighted by molar-refractivity contribution is 7.80. The van der Waals surface area contributed by atoms with Gasteiger partial charge in [0, 0.05) is 0 Å². The van der Waals surface area contributed by atoms with Gasteiger partial charge in [-0.3, -0.25) is 4.79 Å². The molecule has 6 heteroatoms. The molecule has 0 aliphatic rings. The highest BCUT2D eigenvalue weighted by Gasteiger charge is 2.19. The van der Waals surface area contributed by atoms with Gasteiger partial charge < -0.3 is 15.1 Å². The molecule has 11 heavy (non-hydrogen) atoms. The van der Waals surface area contributed by atoms with Crippen molar-refractivity contribution >= 4 is 26.1 Å². The van der Waals surface area contributed by atoms with Gasteiger partial charge in [0.25, 0.3) is 7.48 Å². The van der Waals surface area contributed by atoms with Crippen molar-refractivity contribution in [1.29, 1.82) is 0 Å². The maximum absolute atomic E-state index is 10.9. The lowest BCUT2D eigenvalue weighted by Crippen LogP contribution is -2.22. The van der Waals surface area contributed by atoms with E-state index in [1.165, 1.54) is 7.11 Å². The van der Waals surface area contributed by atoms with Gasteiger partial charge in [0.1, 0.15) is 0 Å². The Morgan fingerprint density at radius 1 is 1.82 bits per heavy atom. The monoisotopic (exact) mass is 177 g/mol. The van der Waals surface area contributed by atoms with Crippen molar-refractivity contribution in [3.63, 3.8) is 0 Å². The molecule has 0 rings (SSSR count). The molecule has 0 bridgehead atoms. The van der Waals surface area contributed by atoms with Crippen LogP contribution in [0.25, 0.3) is 0 Å². The van der Waals surface area contributed by atoms with Gasteiger partial charge in [-0.2, -0.15) is 12.6 Å². The number of methoxy groups -OCH3 is 1. The maximum atomic E-state index is 10.9. The van der Waals surface area contributed by atoms with E-state index < -0.39 is 0 Å². The van der Waals surface area contributed by atoms with E-state index >= 15 is 0 Å². The van der Waals surface area contributed by atoms with Crippen LogP contribution < -0.4 is 5.73 Å². The average Bonchev–Trinajstić information content (AvgIpc) is 2.05. The van der Waals surface area contributed by atoms with Crippen molar-refractivity contribution in [3.05, 3.63) is 0 Å². The van der Waals surface area contributed by atoms with Gasteiger partial charge in [0.15, 0.2) is 0 Å². The van der Waals surface area contributed by atoms with Crippen molar-refractivity contribution in [2.24, 2.45) is 5.73 Å². The van der Waals surface area contributed by atoms with Gasteiger partial charge >= 0.3 is 5.97 Å². The minimum atomic E-state index is -0.313. The molecule has 0 amide bonds. The predicted molar refractivity (Wildman–Crippen MR) is 46.9 cm³/mol. The second kappa shape index (κ2) is 6.51. The van der Waals surface area contributed by atoms with E-state index in [2.05, 4.69) is 17.4 Å². The molecule has 0 fully saturated rings. The van der Waals surface area contributed by atoms with Crippen molar-refractivity contribution < 1.29 is 14.2 Å². The molecule has 0 aliphatic heterocycles. The lowest BCUT2D eigenvalue weighted by Gasteiger charge is -2.08. The highest BCUT2D eigenvalue weighted by Crippen LogP contribution is 2.07. The van der Waals surface area contributed by atoms with Gasteiger partial charge in [-0.15, -0.1) is 0 Å². The Kier molecular flexibility index (Phi) is 6.40. The Balaban J connectivity index is 3.65. The van der Waals surface area contributed by atoms with Crippen LogP contribution in [0.4, 0.5) is 0 Å². The smallest absolute Gasteiger partial charge is 0.304 e. The molecule has 0 aliphatic carbocycles. The first-order chi connectivity index (χ1) is 5.26. The third-order valence-corrected chi connectivity index (χ3v) is 1.63. The summed E-state index contributed by atoms with van der Waals surface area (Å²) in [6.07, 6.45) is 0. The van der Waals surface area contributed by atoms with E-state index in [9.17, 15) is 4.79 Å². The topological polar surface area (TPSA) is 61.5 Å². The molecule has 64 valence electrons. The van der Waals surface area contributed by atoms with E-state index in [0.29, 0.717) is 5.75 Å². The van der Waals surface area contributed by atoms with Gasteiger partial charge in [-0.1, -0.05) is 0 Å². The molecule has 0 saturated carbocycles. The van der Waals surface area contributed by atoms with Gasteiger partial charge in [0.2, 0.25) is 0 Å². The summed E-state index contributed by atoms with van der Waals surface area (Å²) in [7, 11) is 1.61. The number of ether oxygens (including phenoxy) is 1. The zero-order valence-corrected chi connectivity index (χ0v) is 7.34. The zero-order chi connectivity index (χ0) is 8.69. The second-order valence-electron chi connectivity index (χ2n) is 1.94. The minimum absolute atomic E-state index is 0.112. The molecule has 1 unspecified atom stereocenters. The summed E-state index contributed by atoms with van der Waals surface area (Å²) in [5.41, 5.74) is 5.07. The number of hydrogen-bond acceptors (Lipinski definition) is 5. The third kappa shape index (κ3) is 4.29. The van der Waals surface area contributed by atoms with Crippen LogP contribution in [0, 0.1) is 0 Å². The Hall–Kier alpha value is -0.195. The highest BCUT2D eigenvalue weighted by atomic mass is 32.1. The fraction of sp³-hybridized carbons (Fsp3) is 0.800. The molecule has 0 heterocycles. The van der Waals surface area contributed by atoms with Crippen LogP contribution in [-0.4, -0.2) is 33.0 Å². The first-order valence-electron chi connectivity index (χ1n) is 3.22. The number of carbonyl (C=O) groups excluding carboxylic acids is 1. The molecule has 0 aromatic heterocycles. The van der Waals surface area contributed by atoms with E-state index in [0.717, 1.165) is 0 Å². The first-order valence-corrected chi connectivity index (χ1v) is 3.86. The number of nitrogens with two attached hydrogens (primary N) is 1. The van der Waals surface area contributed by atoms with Gasteiger partial charge in [-0.25, -0.2) is 0 Å². The predicted octanol–water partition coefficient (Wildman–Crippen LogP) is -0.838. The van der Waals surface area contributed by atoms with E-state index in [1.54, 1.807) is 0 Å². The normalized spacial score (nSPS) is 12.3. The van der Waals surface area contributed by atoms with Crippen LogP contribution in [0.1, 0.15) is 0 Å². The third-order valence-electron chi connectivity index (χ3n) is 1.19. The van der Waals surface area contributed by atoms with Crippen molar-refractivity contribution in [1.82, 2.24) is 0 Å². The largest absolute Gasteiger partial charge is 0.469 e. The standard InChI is InChI=1S/C5H12BNO3S/c1-9-5(8)4(2-11)6-10-3-7/h4,6,11H,2-3,7H2,1H3. The van der Waals surface area contributed by atoms with Crippen LogP contribution in [0.2, 0.25) is 5.82 Å². The van der Waals surface area contributed by atoms with Crippen molar-refractivity contribution in [2.45, 2.75) is 5.82 Å². The summed E-state index contributed by atoms with van der Waals surface area (Å²) < 4.78 is 9.33. The Morgan fingerprint density at radius 3 is 2.82 bits per heavy atom. The van der Waals surface area contributed by atoms with Crippen LogP contribution in [0.15, 0.2) is 0 Å². The summed E-state index contributed by atoms with van der Waals surface area (Å²) >= 11 is 3.96. The molecular formula is C5H12BNO3S. The fourth-order valence-corrected chi connectivity index (χ4v) is 0.827. The number of carbonyl (C=O) groups is 1. The second-order valence-corrected chi connectivity index (χ2v) is 2.31. The maximum Gasteiger partial charge on any atom is 0.304 e.